The third-order valence-corrected chi connectivity index (χ3v) is 4.00. The van der Waals surface area contributed by atoms with E-state index in [-0.39, 0.29) is 12.0 Å². The number of halogens is 1. The molecular formula is C15H17ClN2O2. The Balaban J connectivity index is 1.97. The number of aromatic nitrogens is 1. The third kappa shape index (κ3) is 2.30. The highest BCUT2D eigenvalue weighted by atomic mass is 35.5. The Morgan fingerprint density at radius 1 is 1.50 bits per heavy atom. The Morgan fingerprint density at radius 2 is 2.30 bits per heavy atom. The van der Waals surface area contributed by atoms with Gasteiger partial charge in [0.25, 0.3) is 5.91 Å². The van der Waals surface area contributed by atoms with Crippen molar-refractivity contribution in [1.29, 1.82) is 0 Å². The lowest BCUT2D eigenvalue weighted by Crippen LogP contribution is -2.44. The summed E-state index contributed by atoms with van der Waals surface area (Å²) in [6.45, 7) is 5.81. The number of carbonyl (C=O) groups excluding carboxylic acids is 1. The molecule has 1 aromatic carbocycles. The quantitative estimate of drug-likeness (QED) is 0.878. The number of nitrogens with zero attached hydrogens (tertiary/aromatic N) is 1. The number of amides is 1. The summed E-state index contributed by atoms with van der Waals surface area (Å²) in [6, 6.07) is 5.64. The molecule has 0 unspecified atom stereocenters. The minimum absolute atomic E-state index is 0.0324. The number of rotatable bonds is 1. The number of ether oxygens (including phenoxy) is 1. The second-order valence-electron chi connectivity index (χ2n) is 5.25. The normalized spacial score (nSPS) is 19.6. The van der Waals surface area contributed by atoms with Crippen molar-refractivity contribution in [2.24, 2.45) is 0 Å². The first-order valence-corrected chi connectivity index (χ1v) is 7.13. The van der Waals surface area contributed by atoms with Crippen molar-refractivity contribution in [2.45, 2.75) is 20.0 Å². The lowest BCUT2D eigenvalue weighted by atomic mass is 10.1. The smallest absolute Gasteiger partial charge is 0.270 e. The van der Waals surface area contributed by atoms with E-state index in [9.17, 15) is 4.79 Å². The third-order valence-electron chi connectivity index (χ3n) is 3.76. The zero-order chi connectivity index (χ0) is 14.3. The first-order valence-electron chi connectivity index (χ1n) is 6.75. The summed E-state index contributed by atoms with van der Waals surface area (Å²) in [7, 11) is 0. The monoisotopic (exact) mass is 292 g/mol. The van der Waals surface area contributed by atoms with E-state index in [0.717, 1.165) is 16.5 Å². The molecule has 1 atom stereocenters. The Labute approximate surface area is 122 Å². The molecule has 2 heterocycles. The number of aromatic amines is 1. The number of fused-ring (bicyclic) bond motifs is 1. The molecule has 5 heteroatoms. The van der Waals surface area contributed by atoms with Crippen LogP contribution in [-0.2, 0) is 4.74 Å². The predicted molar refractivity (Wildman–Crippen MR) is 79.4 cm³/mol. The maximum atomic E-state index is 12.6. The molecule has 1 amide bonds. The lowest BCUT2D eigenvalue weighted by molar-refractivity contribution is -0.0126. The van der Waals surface area contributed by atoms with Gasteiger partial charge >= 0.3 is 0 Å². The minimum Gasteiger partial charge on any atom is -0.375 e. The van der Waals surface area contributed by atoms with Gasteiger partial charge in [-0.2, -0.15) is 0 Å². The van der Waals surface area contributed by atoms with Gasteiger partial charge in [-0.05, 0) is 31.5 Å². The van der Waals surface area contributed by atoms with Crippen molar-refractivity contribution in [3.05, 3.63) is 34.5 Å². The highest BCUT2D eigenvalue weighted by Crippen LogP contribution is 2.25. The van der Waals surface area contributed by atoms with Crippen molar-refractivity contribution in [3.8, 4) is 0 Å². The van der Waals surface area contributed by atoms with Crippen LogP contribution in [0.2, 0.25) is 5.02 Å². The molecule has 0 saturated carbocycles. The molecule has 106 valence electrons. The first kappa shape index (κ1) is 13.5. The fourth-order valence-electron chi connectivity index (χ4n) is 2.68. The van der Waals surface area contributed by atoms with Gasteiger partial charge in [0.05, 0.1) is 12.7 Å². The van der Waals surface area contributed by atoms with E-state index in [1.54, 1.807) is 0 Å². The maximum absolute atomic E-state index is 12.6. The number of benzene rings is 1. The first-order chi connectivity index (χ1) is 9.56. The Bertz CT molecular complexity index is 665. The van der Waals surface area contributed by atoms with Crippen LogP contribution in [0.5, 0.6) is 0 Å². The van der Waals surface area contributed by atoms with Gasteiger partial charge in [-0.15, -0.1) is 0 Å². The molecule has 0 spiro atoms. The van der Waals surface area contributed by atoms with Gasteiger partial charge in [0.2, 0.25) is 0 Å². The molecule has 2 aromatic rings. The van der Waals surface area contributed by atoms with Crippen LogP contribution in [0.1, 0.15) is 23.0 Å². The number of morpholine rings is 1. The predicted octanol–water partition coefficient (Wildman–Crippen LogP) is 2.99. The van der Waals surface area contributed by atoms with Gasteiger partial charge in [0.15, 0.2) is 0 Å². The standard InChI is InChI=1S/C15H17ClN2O2/c1-9-8-18(5-6-20-9)15(19)14-10(2)12-4-3-11(16)7-13(12)17-14/h3-4,7,9,17H,5-6,8H2,1-2H3/t9-/m1/s1. The number of hydrogen-bond donors (Lipinski definition) is 1. The highest BCUT2D eigenvalue weighted by Gasteiger charge is 2.25. The summed E-state index contributed by atoms with van der Waals surface area (Å²) in [6.07, 6.45) is 0.0897. The number of nitrogens with one attached hydrogen (secondary N) is 1. The fourth-order valence-corrected chi connectivity index (χ4v) is 2.86. The van der Waals surface area contributed by atoms with Crippen molar-refractivity contribution in [3.63, 3.8) is 0 Å². The number of hydrogen-bond acceptors (Lipinski definition) is 2. The Kier molecular flexibility index (Phi) is 3.44. The van der Waals surface area contributed by atoms with Crippen molar-refractivity contribution in [1.82, 2.24) is 9.88 Å². The summed E-state index contributed by atoms with van der Waals surface area (Å²) in [5, 5.41) is 1.71. The molecule has 0 bridgehead atoms. The van der Waals surface area contributed by atoms with E-state index < -0.39 is 0 Å². The molecule has 20 heavy (non-hydrogen) atoms. The number of H-pyrrole nitrogens is 1. The zero-order valence-electron chi connectivity index (χ0n) is 11.6. The van der Waals surface area contributed by atoms with Crippen LogP contribution in [0.25, 0.3) is 10.9 Å². The van der Waals surface area contributed by atoms with Crippen LogP contribution >= 0.6 is 11.6 Å². The Hall–Kier alpha value is -1.52. The van der Waals surface area contributed by atoms with E-state index >= 15 is 0 Å². The lowest BCUT2D eigenvalue weighted by Gasteiger charge is -2.31. The van der Waals surface area contributed by atoms with Gasteiger partial charge in [-0.3, -0.25) is 4.79 Å². The Morgan fingerprint density at radius 3 is 3.05 bits per heavy atom. The molecular weight excluding hydrogens is 276 g/mol. The second kappa shape index (κ2) is 5.11. The molecule has 3 rings (SSSR count). The molecule has 1 saturated heterocycles. The van der Waals surface area contributed by atoms with Crippen LogP contribution in [0.15, 0.2) is 18.2 Å². The van der Waals surface area contributed by atoms with Crippen molar-refractivity contribution in [2.75, 3.05) is 19.7 Å². The number of aryl methyl sites for hydroxylation is 1. The summed E-state index contributed by atoms with van der Waals surface area (Å²) in [5.41, 5.74) is 2.52. The van der Waals surface area contributed by atoms with Gasteiger partial charge in [-0.25, -0.2) is 0 Å². The van der Waals surface area contributed by atoms with Crippen molar-refractivity contribution < 1.29 is 9.53 Å². The SMILES string of the molecule is Cc1c(C(=O)N2CCO[C@H](C)C2)[nH]c2cc(Cl)ccc12. The van der Waals surface area contributed by atoms with Crippen LogP contribution in [0, 0.1) is 6.92 Å². The van der Waals surface area contributed by atoms with Gasteiger partial charge < -0.3 is 14.6 Å². The number of carbonyl (C=O) groups is 1. The highest BCUT2D eigenvalue weighted by molar-refractivity contribution is 6.31. The fraction of sp³-hybridized carbons (Fsp3) is 0.400. The zero-order valence-corrected chi connectivity index (χ0v) is 12.3. The van der Waals surface area contributed by atoms with Crippen LogP contribution < -0.4 is 0 Å². The summed E-state index contributed by atoms with van der Waals surface area (Å²) >= 11 is 6.00. The largest absolute Gasteiger partial charge is 0.375 e. The van der Waals surface area contributed by atoms with E-state index in [1.807, 2.05) is 36.9 Å². The summed E-state index contributed by atoms with van der Waals surface area (Å²) in [5.74, 6) is 0.0324. The molecule has 0 aliphatic carbocycles. The minimum atomic E-state index is 0.0324. The maximum Gasteiger partial charge on any atom is 0.270 e. The molecule has 1 aliphatic heterocycles. The molecule has 1 aromatic heterocycles. The van der Waals surface area contributed by atoms with Crippen LogP contribution in [0.4, 0.5) is 0 Å². The molecule has 4 nitrogen and oxygen atoms in total. The van der Waals surface area contributed by atoms with Gasteiger partial charge in [0, 0.05) is 29.0 Å². The van der Waals surface area contributed by atoms with E-state index in [2.05, 4.69) is 4.98 Å². The van der Waals surface area contributed by atoms with Crippen molar-refractivity contribution >= 4 is 28.4 Å². The summed E-state index contributed by atoms with van der Waals surface area (Å²) < 4.78 is 5.48. The van der Waals surface area contributed by atoms with E-state index in [4.69, 9.17) is 16.3 Å². The van der Waals surface area contributed by atoms with Crippen LogP contribution in [0.3, 0.4) is 0 Å². The molecule has 0 radical (unpaired) electrons. The molecule has 1 fully saturated rings. The van der Waals surface area contributed by atoms with Gasteiger partial charge in [0.1, 0.15) is 5.69 Å². The average Bonchev–Trinajstić information content (AvgIpc) is 2.74. The molecule has 1 N–H and O–H groups in total. The van der Waals surface area contributed by atoms with E-state index in [0.29, 0.717) is 30.4 Å². The molecule has 1 aliphatic rings. The topological polar surface area (TPSA) is 45.3 Å². The second-order valence-corrected chi connectivity index (χ2v) is 5.68. The van der Waals surface area contributed by atoms with Gasteiger partial charge in [-0.1, -0.05) is 17.7 Å². The van der Waals surface area contributed by atoms with E-state index in [1.165, 1.54) is 0 Å². The van der Waals surface area contributed by atoms with Crippen LogP contribution in [-0.4, -0.2) is 41.6 Å². The summed E-state index contributed by atoms with van der Waals surface area (Å²) in [4.78, 5) is 17.7. The average molecular weight is 293 g/mol.